The smallest absolute Gasteiger partial charge is 0.422 e. The molecule has 0 unspecified atom stereocenters. The molecule has 152 valence electrons. The summed E-state index contributed by atoms with van der Waals surface area (Å²) in [4.78, 5) is 15.1. The molecular formula is C20H20F3N5O. The Morgan fingerprint density at radius 1 is 1.07 bits per heavy atom. The minimum atomic E-state index is -4.37. The summed E-state index contributed by atoms with van der Waals surface area (Å²) in [6.45, 7) is 0.984. The lowest BCUT2D eigenvalue weighted by Crippen LogP contribution is -2.21. The van der Waals surface area contributed by atoms with Crippen molar-refractivity contribution >= 4 is 11.6 Å². The van der Waals surface area contributed by atoms with Crippen LogP contribution in [0.25, 0.3) is 11.5 Å². The van der Waals surface area contributed by atoms with Crippen molar-refractivity contribution in [2.45, 2.75) is 19.6 Å². The molecule has 3 rings (SSSR count). The van der Waals surface area contributed by atoms with Crippen LogP contribution in [0.2, 0.25) is 0 Å². The number of aromatic nitrogens is 3. The van der Waals surface area contributed by atoms with Crippen molar-refractivity contribution in [3.8, 4) is 17.3 Å². The number of benzene rings is 1. The van der Waals surface area contributed by atoms with Gasteiger partial charge in [-0.2, -0.15) is 13.2 Å². The molecule has 6 nitrogen and oxygen atoms in total. The number of nitrogens with zero attached hydrogens (tertiary/aromatic N) is 4. The second-order valence-corrected chi connectivity index (χ2v) is 6.50. The molecule has 0 saturated heterocycles. The number of nitrogen functional groups attached to an aromatic ring is 1. The molecule has 29 heavy (non-hydrogen) atoms. The fourth-order valence-electron chi connectivity index (χ4n) is 2.71. The standard InChI is InChI=1S/C20H20F3N5O/c1-13-17(24)26-18(16-5-3-4-10-25-16)27-19(13)28(2)11-14-6-8-15(9-7-14)29-12-20(21,22)23/h3-10H,11-12H2,1-2H3,(H2,24,26,27). The van der Waals surface area contributed by atoms with Crippen molar-refractivity contribution < 1.29 is 17.9 Å². The number of ether oxygens (including phenoxy) is 1. The molecule has 2 heterocycles. The summed E-state index contributed by atoms with van der Waals surface area (Å²) < 4.78 is 41.5. The molecule has 0 radical (unpaired) electrons. The lowest BCUT2D eigenvalue weighted by molar-refractivity contribution is -0.153. The molecule has 9 heteroatoms. The largest absolute Gasteiger partial charge is 0.484 e. The van der Waals surface area contributed by atoms with E-state index < -0.39 is 12.8 Å². The number of nitrogens with two attached hydrogens (primary N) is 1. The summed E-state index contributed by atoms with van der Waals surface area (Å²) >= 11 is 0. The van der Waals surface area contributed by atoms with Gasteiger partial charge in [0.1, 0.15) is 23.1 Å². The second kappa shape index (κ2) is 8.34. The fraction of sp³-hybridized carbons (Fsp3) is 0.250. The van der Waals surface area contributed by atoms with E-state index >= 15 is 0 Å². The third-order valence-electron chi connectivity index (χ3n) is 4.16. The molecule has 0 spiro atoms. The van der Waals surface area contributed by atoms with Crippen LogP contribution in [-0.4, -0.2) is 34.8 Å². The molecule has 0 bridgehead atoms. The van der Waals surface area contributed by atoms with Gasteiger partial charge in [0, 0.05) is 25.4 Å². The topological polar surface area (TPSA) is 77.2 Å². The van der Waals surface area contributed by atoms with E-state index in [9.17, 15) is 13.2 Å². The van der Waals surface area contributed by atoms with E-state index in [0.29, 0.717) is 29.7 Å². The van der Waals surface area contributed by atoms with Gasteiger partial charge in [0.2, 0.25) is 0 Å². The summed E-state index contributed by atoms with van der Waals surface area (Å²) in [6.07, 6.45) is -2.71. The fourth-order valence-corrected chi connectivity index (χ4v) is 2.71. The SMILES string of the molecule is Cc1c(N)nc(-c2ccccn2)nc1N(C)Cc1ccc(OCC(F)(F)F)cc1. The average Bonchev–Trinajstić information content (AvgIpc) is 2.69. The maximum Gasteiger partial charge on any atom is 0.422 e. The zero-order valence-electron chi connectivity index (χ0n) is 15.9. The Morgan fingerprint density at radius 3 is 2.41 bits per heavy atom. The number of anilines is 2. The molecule has 0 aliphatic rings. The number of alkyl halides is 3. The zero-order chi connectivity index (χ0) is 21.0. The Kier molecular flexibility index (Phi) is 5.86. The molecule has 0 aliphatic heterocycles. The summed E-state index contributed by atoms with van der Waals surface area (Å²) in [5.41, 5.74) is 8.29. The van der Waals surface area contributed by atoms with Crippen molar-refractivity contribution in [1.82, 2.24) is 15.0 Å². The molecule has 2 aromatic heterocycles. The maximum atomic E-state index is 12.2. The summed E-state index contributed by atoms with van der Waals surface area (Å²) in [6, 6.07) is 11.9. The summed E-state index contributed by atoms with van der Waals surface area (Å²) in [7, 11) is 1.85. The van der Waals surface area contributed by atoms with E-state index in [1.807, 2.05) is 24.9 Å². The van der Waals surface area contributed by atoms with Gasteiger partial charge in [0.25, 0.3) is 0 Å². The van der Waals surface area contributed by atoms with E-state index in [2.05, 4.69) is 15.0 Å². The molecular weight excluding hydrogens is 383 g/mol. The second-order valence-electron chi connectivity index (χ2n) is 6.50. The first kappa shape index (κ1) is 20.4. The maximum absolute atomic E-state index is 12.2. The first-order valence-corrected chi connectivity index (χ1v) is 8.78. The number of hydrogen-bond donors (Lipinski definition) is 1. The predicted molar refractivity (Wildman–Crippen MR) is 105 cm³/mol. The van der Waals surface area contributed by atoms with Crippen LogP contribution in [0.15, 0.2) is 48.7 Å². The molecule has 0 atom stereocenters. The molecule has 3 aromatic rings. The Bertz CT molecular complexity index is 962. The Hall–Kier alpha value is -3.36. The molecule has 2 N–H and O–H groups in total. The van der Waals surface area contributed by atoms with Crippen LogP contribution in [0.1, 0.15) is 11.1 Å². The first-order valence-electron chi connectivity index (χ1n) is 8.78. The van der Waals surface area contributed by atoms with Crippen LogP contribution in [0.3, 0.4) is 0 Å². The molecule has 0 saturated carbocycles. The minimum Gasteiger partial charge on any atom is -0.484 e. The van der Waals surface area contributed by atoms with Gasteiger partial charge in [-0.25, -0.2) is 9.97 Å². The van der Waals surface area contributed by atoms with E-state index in [4.69, 9.17) is 10.5 Å². The van der Waals surface area contributed by atoms with Crippen molar-refractivity contribution in [2.24, 2.45) is 0 Å². The quantitative estimate of drug-likeness (QED) is 0.670. The predicted octanol–water partition coefficient (Wildman–Crippen LogP) is 4.01. The monoisotopic (exact) mass is 403 g/mol. The summed E-state index contributed by atoms with van der Waals surface area (Å²) in [5, 5.41) is 0. The van der Waals surface area contributed by atoms with Crippen molar-refractivity contribution in [2.75, 3.05) is 24.3 Å². The summed E-state index contributed by atoms with van der Waals surface area (Å²) in [5.74, 6) is 1.59. The van der Waals surface area contributed by atoms with E-state index in [1.54, 1.807) is 30.5 Å². The molecule has 1 aromatic carbocycles. The zero-order valence-corrected chi connectivity index (χ0v) is 15.9. The highest BCUT2D eigenvalue weighted by Crippen LogP contribution is 2.26. The van der Waals surface area contributed by atoms with E-state index in [0.717, 1.165) is 11.1 Å². The van der Waals surface area contributed by atoms with Crippen LogP contribution in [0, 0.1) is 6.92 Å². The van der Waals surface area contributed by atoms with Crippen LogP contribution < -0.4 is 15.4 Å². The van der Waals surface area contributed by atoms with E-state index in [1.165, 1.54) is 12.1 Å². The molecule has 0 aliphatic carbocycles. The highest BCUT2D eigenvalue weighted by molar-refractivity contribution is 5.62. The van der Waals surface area contributed by atoms with Gasteiger partial charge in [-0.05, 0) is 36.8 Å². The van der Waals surface area contributed by atoms with E-state index in [-0.39, 0.29) is 5.75 Å². The molecule has 0 amide bonds. The minimum absolute atomic E-state index is 0.161. The average molecular weight is 403 g/mol. The third kappa shape index (κ3) is 5.34. The van der Waals surface area contributed by atoms with Crippen LogP contribution in [0.5, 0.6) is 5.75 Å². The highest BCUT2D eigenvalue weighted by Gasteiger charge is 2.28. The highest BCUT2D eigenvalue weighted by atomic mass is 19.4. The molecule has 0 fully saturated rings. The van der Waals surface area contributed by atoms with Gasteiger partial charge in [-0.3, -0.25) is 4.98 Å². The lowest BCUT2D eigenvalue weighted by atomic mass is 10.2. The first-order chi connectivity index (χ1) is 13.7. The number of hydrogen-bond acceptors (Lipinski definition) is 6. The number of rotatable bonds is 6. The number of pyridine rings is 1. The van der Waals surface area contributed by atoms with Crippen molar-refractivity contribution in [1.29, 1.82) is 0 Å². The Balaban J connectivity index is 1.77. The van der Waals surface area contributed by atoms with Gasteiger partial charge in [-0.1, -0.05) is 18.2 Å². The Morgan fingerprint density at radius 2 is 1.79 bits per heavy atom. The van der Waals surface area contributed by atoms with Gasteiger partial charge in [0.15, 0.2) is 12.4 Å². The van der Waals surface area contributed by atoms with Gasteiger partial charge in [-0.15, -0.1) is 0 Å². The van der Waals surface area contributed by atoms with Crippen molar-refractivity contribution in [3.05, 3.63) is 59.8 Å². The number of halogens is 3. The van der Waals surface area contributed by atoms with Crippen LogP contribution >= 0.6 is 0 Å². The lowest BCUT2D eigenvalue weighted by Gasteiger charge is -2.21. The van der Waals surface area contributed by atoms with Crippen LogP contribution in [-0.2, 0) is 6.54 Å². The third-order valence-corrected chi connectivity index (χ3v) is 4.16. The van der Waals surface area contributed by atoms with Gasteiger partial charge >= 0.3 is 6.18 Å². The normalized spacial score (nSPS) is 11.3. The Labute approximate surface area is 166 Å². The van der Waals surface area contributed by atoms with Crippen LogP contribution in [0.4, 0.5) is 24.8 Å². The van der Waals surface area contributed by atoms with Gasteiger partial charge < -0.3 is 15.4 Å². The van der Waals surface area contributed by atoms with Crippen molar-refractivity contribution in [3.63, 3.8) is 0 Å². The van der Waals surface area contributed by atoms with Gasteiger partial charge in [0.05, 0.1) is 0 Å².